The molecule has 3 aliphatic rings. The molecule has 2 fully saturated rings. The number of rotatable bonds is 7. The number of hydrogen-bond donors (Lipinski definition) is 1. The van der Waals surface area contributed by atoms with Crippen LogP contribution in [0.15, 0.2) is 66.5 Å². The van der Waals surface area contributed by atoms with Crippen LogP contribution in [0.25, 0.3) is 0 Å². The van der Waals surface area contributed by atoms with Gasteiger partial charge in [-0.1, -0.05) is 31.1 Å². The molecule has 1 atom stereocenters. The van der Waals surface area contributed by atoms with Crippen molar-refractivity contribution >= 4 is 17.4 Å². The van der Waals surface area contributed by atoms with Gasteiger partial charge < -0.3 is 19.9 Å². The minimum Gasteiger partial charge on any atom is -0.378 e. The third kappa shape index (κ3) is 7.22. The lowest BCUT2D eigenvalue weighted by molar-refractivity contribution is -0.137. The second kappa shape index (κ2) is 12.5. The van der Waals surface area contributed by atoms with E-state index in [1.807, 2.05) is 35.2 Å². The second-order valence-electron chi connectivity index (χ2n) is 11.0. The van der Waals surface area contributed by atoms with E-state index < -0.39 is 11.7 Å². The number of morpholine rings is 1. The molecule has 1 N–H and O–H groups in total. The van der Waals surface area contributed by atoms with Crippen molar-refractivity contribution in [2.24, 2.45) is 5.92 Å². The van der Waals surface area contributed by atoms with Crippen LogP contribution in [0.5, 0.6) is 0 Å². The zero-order valence-electron chi connectivity index (χ0n) is 23.2. The maximum atomic E-state index is 15.3. The third-order valence-corrected chi connectivity index (χ3v) is 8.01. The van der Waals surface area contributed by atoms with Crippen LogP contribution in [0.3, 0.4) is 0 Å². The summed E-state index contributed by atoms with van der Waals surface area (Å²) in [4.78, 5) is 19.0. The Morgan fingerprint density at radius 1 is 1.07 bits per heavy atom. The Morgan fingerprint density at radius 2 is 1.78 bits per heavy atom. The third-order valence-electron chi connectivity index (χ3n) is 8.01. The number of ether oxygens (including phenoxy) is 1. The standard InChI is InChI=1S/C31H36F4N4O2/c1-22-19-37(20-23-6-8-25(9-7-23)31(33,34)35)13-12-24(22)21-39(30(40)36-26-4-2-3-5-26)27-10-11-29(28(32)18-27)38-14-16-41-17-15-38/h6-13,18-19,24,26H,2-5,14-17,20-21H2,1H3,(H,36,40). The Morgan fingerprint density at radius 3 is 2.41 bits per heavy atom. The first-order valence-corrected chi connectivity index (χ1v) is 14.2. The predicted molar refractivity (Wildman–Crippen MR) is 151 cm³/mol. The van der Waals surface area contributed by atoms with Crippen LogP contribution in [0.1, 0.15) is 43.7 Å². The highest BCUT2D eigenvalue weighted by atomic mass is 19.4. The number of nitrogens with zero attached hydrogens (tertiary/aromatic N) is 3. The number of alkyl halides is 3. The van der Waals surface area contributed by atoms with Crippen LogP contribution in [0.2, 0.25) is 0 Å². The molecule has 0 radical (unpaired) electrons. The molecular weight excluding hydrogens is 536 g/mol. The van der Waals surface area contributed by atoms with Gasteiger partial charge in [0.2, 0.25) is 0 Å². The summed E-state index contributed by atoms with van der Waals surface area (Å²) in [7, 11) is 0. The average Bonchev–Trinajstić information content (AvgIpc) is 3.46. The smallest absolute Gasteiger partial charge is 0.378 e. The number of carbonyl (C=O) groups excluding carboxylic acids is 1. The van der Waals surface area contributed by atoms with Crippen LogP contribution in [-0.2, 0) is 17.5 Å². The summed E-state index contributed by atoms with van der Waals surface area (Å²) in [6.45, 7) is 5.02. The minimum absolute atomic E-state index is 0.111. The summed E-state index contributed by atoms with van der Waals surface area (Å²) in [5, 5.41) is 3.14. The summed E-state index contributed by atoms with van der Waals surface area (Å²) in [5.74, 6) is -0.493. The first-order valence-electron chi connectivity index (χ1n) is 14.2. The molecule has 1 aliphatic carbocycles. The average molecular weight is 573 g/mol. The van der Waals surface area contributed by atoms with E-state index in [4.69, 9.17) is 4.74 Å². The second-order valence-corrected chi connectivity index (χ2v) is 11.0. The van der Waals surface area contributed by atoms with Crippen LogP contribution in [0.4, 0.5) is 33.7 Å². The van der Waals surface area contributed by atoms with Crippen LogP contribution < -0.4 is 15.1 Å². The molecule has 2 aromatic rings. The number of benzene rings is 2. The van der Waals surface area contributed by atoms with E-state index in [0.29, 0.717) is 50.8 Å². The Labute approximate surface area is 238 Å². The van der Waals surface area contributed by atoms with E-state index in [1.165, 1.54) is 18.2 Å². The zero-order chi connectivity index (χ0) is 29.0. The van der Waals surface area contributed by atoms with E-state index in [-0.39, 0.29) is 23.8 Å². The normalized spacial score (nSPS) is 19.8. The van der Waals surface area contributed by atoms with Crippen molar-refractivity contribution in [1.82, 2.24) is 10.2 Å². The van der Waals surface area contributed by atoms with Crippen molar-refractivity contribution < 1.29 is 27.1 Å². The van der Waals surface area contributed by atoms with Gasteiger partial charge in [-0.15, -0.1) is 0 Å². The maximum absolute atomic E-state index is 15.3. The Balaban J connectivity index is 1.30. The molecule has 0 aromatic heterocycles. The number of halogens is 4. The van der Waals surface area contributed by atoms with E-state index in [2.05, 4.69) is 5.32 Å². The summed E-state index contributed by atoms with van der Waals surface area (Å²) < 4.78 is 59.4. The largest absolute Gasteiger partial charge is 0.416 e. The summed E-state index contributed by atoms with van der Waals surface area (Å²) in [5.41, 5.74) is 2.05. The van der Waals surface area contributed by atoms with Gasteiger partial charge in [0, 0.05) is 56.2 Å². The van der Waals surface area contributed by atoms with Crippen molar-refractivity contribution in [1.29, 1.82) is 0 Å². The number of urea groups is 1. The molecule has 2 aliphatic heterocycles. The van der Waals surface area contributed by atoms with E-state index in [0.717, 1.165) is 49.0 Å². The maximum Gasteiger partial charge on any atom is 0.416 e. The van der Waals surface area contributed by atoms with E-state index in [9.17, 15) is 18.0 Å². The molecule has 220 valence electrons. The topological polar surface area (TPSA) is 48.0 Å². The summed E-state index contributed by atoms with van der Waals surface area (Å²) in [6.07, 6.45) is 5.46. The highest BCUT2D eigenvalue weighted by molar-refractivity contribution is 5.92. The molecule has 1 unspecified atom stereocenters. The van der Waals surface area contributed by atoms with Gasteiger partial charge >= 0.3 is 12.2 Å². The number of carbonyl (C=O) groups is 1. The first kappa shape index (κ1) is 29.0. The molecule has 10 heteroatoms. The van der Waals surface area contributed by atoms with Crippen LogP contribution in [-0.4, -0.2) is 49.8 Å². The van der Waals surface area contributed by atoms with E-state index in [1.54, 1.807) is 17.0 Å². The Bertz CT molecular complexity index is 1270. The van der Waals surface area contributed by atoms with E-state index >= 15 is 4.39 Å². The number of nitrogens with one attached hydrogen (secondary N) is 1. The lowest BCUT2D eigenvalue weighted by atomic mass is 9.97. The molecular formula is C31H36F4N4O2. The fourth-order valence-corrected chi connectivity index (χ4v) is 5.63. The molecule has 41 heavy (non-hydrogen) atoms. The fourth-order valence-electron chi connectivity index (χ4n) is 5.63. The van der Waals surface area contributed by atoms with Gasteiger partial charge in [0.05, 0.1) is 24.5 Å². The predicted octanol–water partition coefficient (Wildman–Crippen LogP) is 6.69. The van der Waals surface area contributed by atoms with Crippen molar-refractivity contribution in [3.63, 3.8) is 0 Å². The van der Waals surface area contributed by atoms with Crippen LogP contribution >= 0.6 is 0 Å². The summed E-state index contributed by atoms with van der Waals surface area (Å²) in [6, 6.07) is 9.97. The molecule has 2 aromatic carbocycles. The number of anilines is 2. The fraction of sp³-hybridized carbons (Fsp3) is 0.452. The monoisotopic (exact) mass is 572 g/mol. The van der Waals surface area contributed by atoms with Crippen molar-refractivity contribution in [3.05, 3.63) is 83.5 Å². The zero-order valence-corrected chi connectivity index (χ0v) is 23.2. The molecule has 2 amide bonds. The van der Waals surface area contributed by atoms with Crippen molar-refractivity contribution in [2.45, 2.75) is 51.4 Å². The molecule has 5 rings (SSSR count). The molecule has 6 nitrogen and oxygen atoms in total. The highest BCUT2D eigenvalue weighted by Gasteiger charge is 2.30. The molecule has 1 saturated carbocycles. The van der Waals surface area contributed by atoms with Gasteiger partial charge in [0.1, 0.15) is 5.82 Å². The number of amides is 2. The SMILES string of the molecule is CC1=CN(Cc2ccc(C(F)(F)F)cc2)C=CC1CN(C(=O)NC1CCCC1)c1ccc(N2CCOCC2)c(F)c1. The Hall–Kier alpha value is -3.53. The van der Waals surface area contributed by atoms with Crippen molar-refractivity contribution in [3.8, 4) is 0 Å². The van der Waals surface area contributed by atoms with Gasteiger partial charge in [-0.2, -0.15) is 13.2 Å². The first-order chi connectivity index (χ1) is 19.7. The summed E-state index contributed by atoms with van der Waals surface area (Å²) >= 11 is 0. The molecule has 2 heterocycles. The van der Waals surface area contributed by atoms with Gasteiger partial charge in [0.25, 0.3) is 0 Å². The van der Waals surface area contributed by atoms with Gasteiger partial charge in [-0.05, 0) is 61.2 Å². The molecule has 0 bridgehead atoms. The van der Waals surface area contributed by atoms with Gasteiger partial charge in [-0.25, -0.2) is 9.18 Å². The lowest BCUT2D eigenvalue weighted by Gasteiger charge is -2.32. The number of hydrogen-bond acceptors (Lipinski definition) is 4. The van der Waals surface area contributed by atoms with Gasteiger partial charge in [-0.3, -0.25) is 4.90 Å². The Kier molecular flexibility index (Phi) is 8.87. The van der Waals surface area contributed by atoms with Crippen molar-refractivity contribution in [2.75, 3.05) is 42.6 Å². The van der Waals surface area contributed by atoms with Crippen LogP contribution in [0, 0.1) is 11.7 Å². The molecule has 1 saturated heterocycles. The van der Waals surface area contributed by atoms with Gasteiger partial charge in [0.15, 0.2) is 0 Å². The lowest BCUT2D eigenvalue weighted by Crippen LogP contribution is -2.46. The quantitative estimate of drug-likeness (QED) is 0.376. The molecule has 0 spiro atoms. The highest BCUT2D eigenvalue weighted by Crippen LogP contribution is 2.31. The minimum atomic E-state index is -4.37.